The number of hydrogen-bond donors (Lipinski definition) is 1. The number of hydrogen-bond acceptors (Lipinski definition) is 2. The highest BCUT2D eigenvalue weighted by Crippen LogP contribution is 2.27. The number of aliphatic carboxylic acids is 1. The number of benzene rings is 1. The van der Waals surface area contributed by atoms with Gasteiger partial charge >= 0.3 is 18.5 Å². The fourth-order valence-electron chi connectivity index (χ4n) is 1.02. The minimum Gasteiger partial charge on any atom is -0.478 e. The molecule has 3 nitrogen and oxygen atoms in total. The predicted octanol–water partition coefficient (Wildman–Crippen LogP) is 3.02. The molecule has 98 valence electrons. The Morgan fingerprint density at radius 2 is 1.83 bits per heavy atom. The number of alkyl halides is 4. The summed E-state index contributed by atoms with van der Waals surface area (Å²) in [7, 11) is 0. The lowest BCUT2D eigenvalue weighted by Crippen LogP contribution is -2.33. The van der Waals surface area contributed by atoms with Gasteiger partial charge in [-0.05, 0) is 23.8 Å². The van der Waals surface area contributed by atoms with Crippen LogP contribution >= 0.6 is 0 Å². The standard InChI is InChI=1S/C11H8F4O3/c12-10(13)11(14,15)18-8-4-1-7(2-5-8)3-6-9(16)17/h1-6,10H,(H,16,17)/b6-3+. The summed E-state index contributed by atoms with van der Waals surface area (Å²) in [5, 5.41) is 8.35. The second kappa shape index (κ2) is 5.52. The van der Waals surface area contributed by atoms with Crippen LogP contribution in [0.25, 0.3) is 6.08 Å². The van der Waals surface area contributed by atoms with Crippen LogP contribution in [0.15, 0.2) is 30.3 Å². The average Bonchev–Trinajstić information content (AvgIpc) is 2.27. The van der Waals surface area contributed by atoms with Crippen LogP contribution in [0.5, 0.6) is 5.75 Å². The second-order valence-corrected chi connectivity index (χ2v) is 3.21. The molecule has 0 radical (unpaired) electrons. The minimum absolute atomic E-state index is 0.408. The molecule has 1 aromatic rings. The van der Waals surface area contributed by atoms with E-state index in [1.54, 1.807) is 0 Å². The van der Waals surface area contributed by atoms with Crippen molar-refractivity contribution >= 4 is 12.0 Å². The van der Waals surface area contributed by atoms with Gasteiger partial charge in [-0.25, -0.2) is 4.79 Å². The maximum absolute atomic E-state index is 12.5. The average molecular weight is 264 g/mol. The fraction of sp³-hybridized carbons (Fsp3) is 0.182. The van der Waals surface area contributed by atoms with E-state index >= 15 is 0 Å². The van der Waals surface area contributed by atoms with Gasteiger partial charge in [-0.3, -0.25) is 0 Å². The third-order valence-electron chi connectivity index (χ3n) is 1.81. The van der Waals surface area contributed by atoms with Crippen molar-refractivity contribution in [2.24, 2.45) is 0 Å². The van der Waals surface area contributed by atoms with Crippen molar-refractivity contribution in [3.8, 4) is 5.75 Å². The summed E-state index contributed by atoms with van der Waals surface area (Å²) in [6, 6.07) is 4.60. The van der Waals surface area contributed by atoms with E-state index in [-0.39, 0.29) is 0 Å². The molecule has 1 N–H and O–H groups in total. The summed E-state index contributed by atoms with van der Waals surface area (Å²) in [5.74, 6) is -1.60. The molecule has 0 saturated heterocycles. The Morgan fingerprint density at radius 1 is 1.28 bits per heavy atom. The number of carboxylic acid groups (broad SMARTS) is 1. The molecular formula is C11H8F4O3. The first-order valence-corrected chi connectivity index (χ1v) is 4.67. The van der Waals surface area contributed by atoms with Crippen molar-refractivity contribution < 1.29 is 32.2 Å². The fourth-order valence-corrected chi connectivity index (χ4v) is 1.02. The predicted molar refractivity (Wildman–Crippen MR) is 54.7 cm³/mol. The van der Waals surface area contributed by atoms with Crippen LogP contribution in [0.2, 0.25) is 0 Å². The number of halogens is 4. The molecule has 1 aromatic carbocycles. The topological polar surface area (TPSA) is 46.5 Å². The zero-order valence-electron chi connectivity index (χ0n) is 8.82. The van der Waals surface area contributed by atoms with Gasteiger partial charge < -0.3 is 9.84 Å². The first-order valence-electron chi connectivity index (χ1n) is 4.67. The molecule has 18 heavy (non-hydrogen) atoms. The third kappa shape index (κ3) is 4.08. The molecule has 0 spiro atoms. The zero-order valence-corrected chi connectivity index (χ0v) is 8.82. The third-order valence-corrected chi connectivity index (χ3v) is 1.81. The lowest BCUT2D eigenvalue weighted by molar-refractivity contribution is -0.253. The summed E-state index contributed by atoms with van der Waals surface area (Å²) in [6.07, 6.45) is -6.41. The summed E-state index contributed by atoms with van der Waals surface area (Å²) in [6.45, 7) is 0. The van der Waals surface area contributed by atoms with Gasteiger partial charge in [0, 0.05) is 6.08 Å². The maximum Gasteiger partial charge on any atom is 0.461 e. The Balaban J connectivity index is 2.75. The van der Waals surface area contributed by atoms with Crippen LogP contribution in [0, 0.1) is 0 Å². The molecule has 0 atom stereocenters. The first kappa shape index (κ1) is 14.0. The Bertz CT molecular complexity index is 440. The highest BCUT2D eigenvalue weighted by molar-refractivity contribution is 5.85. The Kier molecular flexibility index (Phi) is 4.30. The summed E-state index contributed by atoms with van der Waals surface area (Å²) in [4.78, 5) is 10.2. The molecule has 0 saturated carbocycles. The molecule has 7 heteroatoms. The van der Waals surface area contributed by atoms with E-state index in [2.05, 4.69) is 4.74 Å². The molecule has 1 rings (SSSR count). The van der Waals surface area contributed by atoms with Crippen molar-refractivity contribution in [2.45, 2.75) is 12.5 Å². The number of ether oxygens (including phenoxy) is 1. The molecule has 0 aromatic heterocycles. The zero-order chi connectivity index (χ0) is 13.8. The van der Waals surface area contributed by atoms with E-state index in [9.17, 15) is 22.4 Å². The Morgan fingerprint density at radius 3 is 2.28 bits per heavy atom. The highest BCUT2D eigenvalue weighted by Gasteiger charge is 2.43. The van der Waals surface area contributed by atoms with Crippen molar-refractivity contribution in [1.82, 2.24) is 0 Å². The van der Waals surface area contributed by atoms with E-state index in [1.807, 2.05) is 0 Å². The monoisotopic (exact) mass is 264 g/mol. The lowest BCUT2D eigenvalue weighted by atomic mass is 10.2. The van der Waals surface area contributed by atoms with Gasteiger partial charge in [0.25, 0.3) is 0 Å². The molecule has 0 heterocycles. The van der Waals surface area contributed by atoms with E-state index in [0.717, 1.165) is 18.2 Å². The van der Waals surface area contributed by atoms with Gasteiger partial charge in [0.15, 0.2) is 0 Å². The minimum atomic E-state index is -4.56. The van der Waals surface area contributed by atoms with E-state index in [0.29, 0.717) is 5.56 Å². The smallest absolute Gasteiger partial charge is 0.461 e. The van der Waals surface area contributed by atoms with Crippen molar-refractivity contribution in [1.29, 1.82) is 0 Å². The summed E-state index contributed by atoms with van der Waals surface area (Å²) >= 11 is 0. The van der Waals surface area contributed by atoms with Gasteiger partial charge in [0.1, 0.15) is 5.75 Å². The molecular weight excluding hydrogens is 256 g/mol. The number of carboxylic acids is 1. The maximum atomic E-state index is 12.5. The molecule has 0 unspecified atom stereocenters. The van der Waals surface area contributed by atoms with Crippen LogP contribution in [-0.4, -0.2) is 23.6 Å². The summed E-state index contributed by atoms with van der Waals surface area (Å²) in [5.41, 5.74) is 0.408. The molecule has 0 bridgehead atoms. The van der Waals surface area contributed by atoms with Crippen molar-refractivity contribution in [3.05, 3.63) is 35.9 Å². The van der Waals surface area contributed by atoms with E-state index in [1.165, 1.54) is 18.2 Å². The molecule has 0 amide bonds. The van der Waals surface area contributed by atoms with E-state index < -0.39 is 24.3 Å². The molecule has 0 aliphatic rings. The lowest BCUT2D eigenvalue weighted by Gasteiger charge is -2.16. The summed E-state index contributed by atoms with van der Waals surface area (Å²) < 4.78 is 52.5. The van der Waals surface area contributed by atoms with Gasteiger partial charge in [-0.2, -0.15) is 17.6 Å². The van der Waals surface area contributed by atoms with Crippen molar-refractivity contribution in [2.75, 3.05) is 0 Å². The van der Waals surface area contributed by atoms with Crippen LogP contribution in [0.1, 0.15) is 5.56 Å². The Hall–Kier alpha value is -2.05. The first-order chi connectivity index (χ1) is 8.31. The van der Waals surface area contributed by atoms with Gasteiger partial charge in [-0.1, -0.05) is 12.1 Å². The molecule has 0 fully saturated rings. The Labute approximate surface area is 99.3 Å². The van der Waals surface area contributed by atoms with Gasteiger partial charge in [-0.15, -0.1) is 0 Å². The highest BCUT2D eigenvalue weighted by atomic mass is 19.3. The SMILES string of the molecule is O=C(O)/C=C/c1ccc(OC(F)(F)C(F)F)cc1. The van der Waals surface area contributed by atoms with Crippen LogP contribution < -0.4 is 4.74 Å². The van der Waals surface area contributed by atoms with Crippen molar-refractivity contribution in [3.63, 3.8) is 0 Å². The number of rotatable bonds is 5. The van der Waals surface area contributed by atoms with Gasteiger partial charge in [0.05, 0.1) is 0 Å². The van der Waals surface area contributed by atoms with Crippen LogP contribution in [-0.2, 0) is 4.79 Å². The van der Waals surface area contributed by atoms with Gasteiger partial charge in [0.2, 0.25) is 0 Å². The second-order valence-electron chi connectivity index (χ2n) is 3.21. The quantitative estimate of drug-likeness (QED) is 0.656. The van der Waals surface area contributed by atoms with Crippen LogP contribution in [0.3, 0.4) is 0 Å². The largest absolute Gasteiger partial charge is 0.478 e. The van der Waals surface area contributed by atoms with Crippen LogP contribution in [0.4, 0.5) is 17.6 Å². The normalized spacial score (nSPS) is 12.1. The van der Waals surface area contributed by atoms with E-state index in [4.69, 9.17) is 5.11 Å². The molecule has 0 aliphatic carbocycles. The molecule has 0 aliphatic heterocycles. The number of carbonyl (C=O) groups is 1.